The van der Waals surface area contributed by atoms with Crippen LogP contribution in [0.25, 0.3) is 0 Å². The number of carbonyl (C=O) groups is 2. The van der Waals surface area contributed by atoms with E-state index in [9.17, 15) is 14.0 Å². The summed E-state index contributed by atoms with van der Waals surface area (Å²) in [5, 5.41) is 10.9. The molecule has 1 fully saturated rings. The second-order valence-electron chi connectivity index (χ2n) is 8.15. The van der Waals surface area contributed by atoms with E-state index in [1.807, 2.05) is 32.2 Å². The monoisotopic (exact) mass is 447 g/mol. The molecule has 0 radical (unpaired) electrons. The molecule has 1 N–H and O–H groups in total. The summed E-state index contributed by atoms with van der Waals surface area (Å²) in [4.78, 5) is 30.0. The molecule has 7 nitrogen and oxygen atoms in total. The molecule has 1 aliphatic rings. The molecule has 0 atom stereocenters. The Hall–Kier alpha value is -3.81. The summed E-state index contributed by atoms with van der Waals surface area (Å²) >= 11 is 0. The molecule has 0 bridgehead atoms. The molecule has 33 heavy (non-hydrogen) atoms. The van der Waals surface area contributed by atoms with Crippen molar-refractivity contribution in [3.8, 4) is 0 Å². The van der Waals surface area contributed by atoms with Crippen molar-refractivity contribution < 1.29 is 14.0 Å². The van der Waals surface area contributed by atoms with Crippen LogP contribution in [0.4, 0.5) is 15.9 Å². The van der Waals surface area contributed by atoms with Crippen LogP contribution in [0.1, 0.15) is 39.1 Å². The number of hydrogen-bond acceptors (Lipinski definition) is 5. The first kappa shape index (κ1) is 22.4. The second kappa shape index (κ2) is 9.77. The number of nitrogens with one attached hydrogen (secondary N) is 1. The maximum atomic E-state index is 14.1. The number of aromatic nitrogens is 2. The van der Waals surface area contributed by atoms with E-state index >= 15 is 0 Å². The summed E-state index contributed by atoms with van der Waals surface area (Å²) in [6, 6.07) is 15.1. The number of aryl methyl sites for hydroxylation is 1. The number of rotatable bonds is 5. The van der Waals surface area contributed by atoms with Gasteiger partial charge in [-0.05, 0) is 55.7 Å². The molecule has 2 aromatic carbocycles. The van der Waals surface area contributed by atoms with Crippen LogP contribution in [0, 0.1) is 12.7 Å². The van der Waals surface area contributed by atoms with Crippen LogP contribution in [0.3, 0.4) is 0 Å². The molecule has 0 spiro atoms. The molecule has 2 heterocycles. The number of anilines is 2. The quantitative estimate of drug-likeness (QED) is 0.642. The number of nitrogens with zero attached hydrogens (tertiary/aromatic N) is 4. The fourth-order valence-corrected chi connectivity index (χ4v) is 4.13. The third kappa shape index (κ3) is 4.84. The van der Waals surface area contributed by atoms with Gasteiger partial charge in [0.15, 0.2) is 5.82 Å². The molecule has 4 rings (SSSR count). The van der Waals surface area contributed by atoms with Crippen molar-refractivity contribution in [2.45, 2.75) is 25.8 Å². The molecule has 170 valence electrons. The van der Waals surface area contributed by atoms with Crippen molar-refractivity contribution in [1.29, 1.82) is 0 Å². The van der Waals surface area contributed by atoms with E-state index < -0.39 is 11.7 Å². The van der Waals surface area contributed by atoms with E-state index in [0.717, 1.165) is 24.2 Å². The van der Waals surface area contributed by atoms with Crippen molar-refractivity contribution in [2.24, 2.45) is 0 Å². The van der Waals surface area contributed by atoms with Gasteiger partial charge < -0.3 is 15.1 Å². The maximum Gasteiger partial charge on any atom is 0.258 e. The second-order valence-corrected chi connectivity index (χ2v) is 8.15. The van der Waals surface area contributed by atoms with Gasteiger partial charge in [0, 0.05) is 32.4 Å². The third-order valence-electron chi connectivity index (χ3n) is 6.08. The average Bonchev–Trinajstić information content (AvgIpc) is 2.85. The Morgan fingerprint density at radius 2 is 1.76 bits per heavy atom. The number of hydrogen-bond donors (Lipinski definition) is 1. The number of para-hydroxylation sites is 1. The minimum absolute atomic E-state index is 0.0629. The van der Waals surface area contributed by atoms with E-state index in [0.29, 0.717) is 24.3 Å². The minimum Gasteiger partial charge on any atom is -0.355 e. The number of carbonyl (C=O) groups excluding carboxylic acids is 2. The van der Waals surface area contributed by atoms with E-state index in [-0.39, 0.29) is 17.5 Å². The highest BCUT2D eigenvalue weighted by Crippen LogP contribution is 2.26. The Bertz CT molecular complexity index is 1150. The van der Waals surface area contributed by atoms with E-state index in [4.69, 9.17) is 0 Å². The maximum absolute atomic E-state index is 14.1. The van der Waals surface area contributed by atoms with Crippen LogP contribution in [-0.2, 0) is 0 Å². The first-order valence-electron chi connectivity index (χ1n) is 10.9. The molecule has 0 saturated carbocycles. The summed E-state index contributed by atoms with van der Waals surface area (Å²) in [7, 11) is 1.99. The molecular weight excluding hydrogens is 421 g/mol. The summed E-state index contributed by atoms with van der Waals surface area (Å²) < 4.78 is 14.1. The van der Waals surface area contributed by atoms with Gasteiger partial charge in [-0.1, -0.05) is 24.3 Å². The lowest BCUT2D eigenvalue weighted by atomic mass is 10.0. The SMILES string of the molecule is Cc1cccc(C(=O)N2CCC(N(C)c3cccnn3)CC2)c1NC(=O)c1ccccc1F. The Kier molecular flexibility index (Phi) is 6.63. The number of benzene rings is 2. The van der Waals surface area contributed by atoms with Crippen molar-refractivity contribution in [3.05, 3.63) is 83.3 Å². The van der Waals surface area contributed by atoms with Crippen molar-refractivity contribution in [3.63, 3.8) is 0 Å². The number of amides is 2. The Morgan fingerprint density at radius 3 is 2.45 bits per heavy atom. The van der Waals surface area contributed by atoms with Crippen LogP contribution in [-0.4, -0.2) is 53.1 Å². The van der Waals surface area contributed by atoms with E-state index in [1.54, 1.807) is 29.3 Å². The van der Waals surface area contributed by atoms with Gasteiger partial charge in [0.25, 0.3) is 11.8 Å². The average molecular weight is 448 g/mol. The largest absolute Gasteiger partial charge is 0.355 e. The highest BCUT2D eigenvalue weighted by atomic mass is 19.1. The molecule has 0 unspecified atom stereocenters. The topological polar surface area (TPSA) is 78.4 Å². The number of likely N-dealkylation sites (tertiary alicyclic amines) is 1. The molecule has 3 aromatic rings. The van der Waals surface area contributed by atoms with Gasteiger partial charge in [0.2, 0.25) is 0 Å². The molecule has 1 aromatic heterocycles. The number of halogens is 1. The van der Waals surface area contributed by atoms with Crippen LogP contribution in [0.5, 0.6) is 0 Å². The molecular formula is C25H26FN5O2. The molecule has 1 aliphatic heterocycles. The first-order valence-corrected chi connectivity index (χ1v) is 10.9. The fourth-order valence-electron chi connectivity index (χ4n) is 4.13. The lowest BCUT2D eigenvalue weighted by molar-refractivity contribution is 0.0714. The zero-order chi connectivity index (χ0) is 23.4. The van der Waals surface area contributed by atoms with E-state index in [2.05, 4.69) is 20.4 Å². The first-order chi connectivity index (χ1) is 16.0. The predicted molar refractivity (Wildman–Crippen MR) is 125 cm³/mol. The van der Waals surface area contributed by atoms with Crippen molar-refractivity contribution >= 4 is 23.3 Å². The predicted octanol–water partition coefficient (Wildman–Crippen LogP) is 3.92. The van der Waals surface area contributed by atoms with Gasteiger partial charge in [0.1, 0.15) is 5.82 Å². The zero-order valence-corrected chi connectivity index (χ0v) is 18.7. The third-order valence-corrected chi connectivity index (χ3v) is 6.08. The van der Waals surface area contributed by atoms with E-state index in [1.165, 1.54) is 18.2 Å². The zero-order valence-electron chi connectivity index (χ0n) is 18.7. The fraction of sp³-hybridized carbons (Fsp3) is 0.280. The lowest BCUT2D eigenvalue weighted by Gasteiger charge is -2.37. The van der Waals surface area contributed by atoms with Crippen LogP contribution < -0.4 is 10.2 Å². The van der Waals surface area contributed by atoms with Gasteiger partial charge in [-0.3, -0.25) is 9.59 Å². The summed E-state index contributed by atoms with van der Waals surface area (Å²) in [5.74, 6) is -0.534. The van der Waals surface area contributed by atoms with Crippen LogP contribution in [0.2, 0.25) is 0 Å². The molecule has 2 amide bonds. The molecule has 0 aliphatic carbocycles. The highest BCUT2D eigenvalue weighted by Gasteiger charge is 2.28. The summed E-state index contributed by atoms with van der Waals surface area (Å²) in [5.41, 5.74) is 1.49. The molecule has 8 heteroatoms. The van der Waals surface area contributed by atoms with Gasteiger partial charge in [-0.15, -0.1) is 5.10 Å². The minimum atomic E-state index is -0.606. The smallest absolute Gasteiger partial charge is 0.258 e. The van der Waals surface area contributed by atoms with Crippen LogP contribution >= 0.6 is 0 Å². The summed E-state index contributed by atoms with van der Waals surface area (Å²) in [6.45, 7) is 2.99. The van der Waals surface area contributed by atoms with Gasteiger partial charge >= 0.3 is 0 Å². The van der Waals surface area contributed by atoms with Crippen molar-refractivity contribution in [2.75, 3.05) is 30.4 Å². The Balaban J connectivity index is 1.47. The number of piperidine rings is 1. The van der Waals surface area contributed by atoms with Gasteiger partial charge in [-0.25, -0.2) is 4.39 Å². The normalized spacial score (nSPS) is 14.1. The lowest BCUT2D eigenvalue weighted by Crippen LogP contribution is -2.46. The standard InChI is InChI=1S/C25H26FN5O2/c1-17-7-5-9-20(23(17)28-24(32)19-8-3-4-10-21(19)26)25(33)31-15-12-18(13-16-31)30(2)22-11-6-14-27-29-22/h3-11,14,18H,12-13,15-16H2,1-2H3,(H,28,32). The molecule has 1 saturated heterocycles. The van der Waals surface area contributed by atoms with Crippen LogP contribution in [0.15, 0.2) is 60.8 Å². The Morgan fingerprint density at radius 1 is 1.03 bits per heavy atom. The summed E-state index contributed by atoms with van der Waals surface area (Å²) in [6.07, 6.45) is 3.23. The van der Waals surface area contributed by atoms with Gasteiger partial charge in [-0.2, -0.15) is 5.10 Å². The Labute approximate surface area is 192 Å². The van der Waals surface area contributed by atoms with Gasteiger partial charge in [0.05, 0.1) is 16.8 Å². The van der Waals surface area contributed by atoms with Crippen molar-refractivity contribution in [1.82, 2.24) is 15.1 Å². The highest BCUT2D eigenvalue weighted by molar-refractivity contribution is 6.09.